The lowest BCUT2D eigenvalue weighted by Gasteiger charge is -2.20. The summed E-state index contributed by atoms with van der Waals surface area (Å²) in [6.45, 7) is 7.49. The van der Waals surface area contributed by atoms with E-state index in [1.165, 1.54) is 11.8 Å². The van der Waals surface area contributed by atoms with Crippen molar-refractivity contribution in [2.45, 2.75) is 18.7 Å². The molecular weight excluding hydrogens is 426 g/mol. The van der Waals surface area contributed by atoms with Crippen LogP contribution in [0, 0.1) is 0 Å². The predicted molar refractivity (Wildman–Crippen MR) is 129 cm³/mol. The van der Waals surface area contributed by atoms with E-state index >= 15 is 0 Å². The number of carbonyl (C=O) groups excluding carboxylic acids is 2. The fraction of sp³-hybridized carbons (Fsp3) is 0.333. The maximum Gasteiger partial charge on any atom is 0.262 e. The first-order valence-electron chi connectivity index (χ1n) is 10.6. The number of carbonyl (C=O) groups is 2. The smallest absolute Gasteiger partial charge is 0.262 e. The fourth-order valence-corrected chi connectivity index (χ4v) is 4.30. The molecule has 0 fully saturated rings. The molecule has 0 unspecified atom stereocenters. The number of hydrogen-bond donors (Lipinski definition) is 2. The molecule has 2 aromatic carbocycles. The molecule has 1 aliphatic heterocycles. The second-order valence-electron chi connectivity index (χ2n) is 7.17. The van der Waals surface area contributed by atoms with Gasteiger partial charge in [0.15, 0.2) is 11.5 Å². The number of rotatable bonds is 9. The third-order valence-electron chi connectivity index (χ3n) is 5.25. The van der Waals surface area contributed by atoms with Gasteiger partial charge in [-0.15, -0.1) is 0 Å². The Morgan fingerprint density at radius 1 is 1.09 bits per heavy atom. The van der Waals surface area contributed by atoms with E-state index < -0.39 is 0 Å². The minimum Gasteiger partial charge on any atom is -0.493 e. The van der Waals surface area contributed by atoms with Gasteiger partial charge in [0.05, 0.1) is 24.8 Å². The molecule has 0 atom stereocenters. The van der Waals surface area contributed by atoms with Crippen LogP contribution in [0.5, 0.6) is 11.5 Å². The second kappa shape index (κ2) is 11.1. The van der Waals surface area contributed by atoms with Crippen LogP contribution in [0.4, 0.5) is 5.69 Å². The highest BCUT2D eigenvalue weighted by Crippen LogP contribution is 2.40. The predicted octanol–water partition coefficient (Wildman–Crippen LogP) is 3.86. The maximum absolute atomic E-state index is 12.7. The van der Waals surface area contributed by atoms with Gasteiger partial charge in [0.25, 0.3) is 11.8 Å². The molecule has 7 nitrogen and oxygen atoms in total. The molecule has 1 heterocycles. The highest BCUT2D eigenvalue weighted by Gasteiger charge is 2.22. The maximum atomic E-state index is 12.7. The third kappa shape index (κ3) is 5.63. The van der Waals surface area contributed by atoms with Crippen molar-refractivity contribution in [2.24, 2.45) is 0 Å². The molecule has 0 radical (unpaired) electrons. The van der Waals surface area contributed by atoms with Gasteiger partial charge in [-0.05, 0) is 55.1 Å². The average Bonchev–Trinajstić information content (AvgIpc) is 2.81. The van der Waals surface area contributed by atoms with Gasteiger partial charge >= 0.3 is 0 Å². The third-order valence-corrected chi connectivity index (χ3v) is 6.35. The molecule has 0 bridgehead atoms. The van der Waals surface area contributed by atoms with Crippen LogP contribution >= 0.6 is 11.8 Å². The Morgan fingerprint density at radius 3 is 2.53 bits per heavy atom. The van der Waals surface area contributed by atoms with E-state index in [0.717, 1.165) is 30.1 Å². The zero-order valence-electron chi connectivity index (χ0n) is 18.9. The Labute approximate surface area is 193 Å². The zero-order valence-corrected chi connectivity index (χ0v) is 19.7. The molecule has 0 aromatic heterocycles. The fourth-order valence-electron chi connectivity index (χ4n) is 3.37. The van der Waals surface area contributed by atoms with Crippen LogP contribution in [0.25, 0.3) is 6.08 Å². The molecule has 3 rings (SSSR count). The van der Waals surface area contributed by atoms with Crippen molar-refractivity contribution in [1.29, 1.82) is 0 Å². The van der Waals surface area contributed by atoms with E-state index in [4.69, 9.17) is 9.47 Å². The molecule has 0 saturated carbocycles. The number of anilines is 1. The van der Waals surface area contributed by atoms with Crippen LogP contribution in [0.3, 0.4) is 0 Å². The summed E-state index contributed by atoms with van der Waals surface area (Å²) in [5, 5.41) is 5.84. The summed E-state index contributed by atoms with van der Waals surface area (Å²) in [5.41, 5.74) is 1.99. The molecule has 2 N–H and O–H groups in total. The Kier molecular flexibility index (Phi) is 8.19. The summed E-state index contributed by atoms with van der Waals surface area (Å²) in [7, 11) is 3.15. The Hall–Kier alpha value is -2.97. The molecule has 2 amide bonds. The van der Waals surface area contributed by atoms with Gasteiger partial charge in [-0.2, -0.15) is 0 Å². The highest BCUT2D eigenvalue weighted by atomic mass is 32.2. The Bertz CT molecular complexity index is 1020. The number of hydrogen-bond acceptors (Lipinski definition) is 6. The number of likely N-dealkylation sites (N-methyl/N-ethyl adjacent to an activating group) is 1. The van der Waals surface area contributed by atoms with Crippen molar-refractivity contribution < 1.29 is 19.1 Å². The largest absolute Gasteiger partial charge is 0.493 e. The number of fused-ring (bicyclic) bond motifs is 1. The van der Waals surface area contributed by atoms with E-state index in [2.05, 4.69) is 29.4 Å². The van der Waals surface area contributed by atoms with E-state index in [1.807, 2.05) is 18.2 Å². The first-order valence-corrected chi connectivity index (χ1v) is 11.4. The molecule has 0 aliphatic carbocycles. The number of nitrogens with one attached hydrogen (secondary N) is 2. The molecular formula is C24H29N3O4S. The number of nitrogens with zero attached hydrogens (tertiary/aromatic N) is 1. The van der Waals surface area contributed by atoms with Crippen LogP contribution in [0.2, 0.25) is 0 Å². The van der Waals surface area contributed by atoms with Crippen LogP contribution in [0.15, 0.2) is 46.2 Å². The van der Waals surface area contributed by atoms with Gasteiger partial charge in [0, 0.05) is 23.5 Å². The van der Waals surface area contributed by atoms with E-state index in [-0.39, 0.29) is 11.8 Å². The van der Waals surface area contributed by atoms with Crippen molar-refractivity contribution in [3.05, 3.63) is 52.4 Å². The van der Waals surface area contributed by atoms with Gasteiger partial charge in [-0.3, -0.25) is 9.59 Å². The first kappa shape index (κ1) is 23.7. The van der Waals surface area contributed by atoms with Crippen LogP contribution in [-0.4, -0.2) is 57.1 Å². The minimum atomic E-state index is -0.212. The topological polar surface area (TPSA) is 79.9 Å². The first-order chi connectivity index (χ1) is 15.5. The van der Waals surface area contributed by atoms with Gasteiger partial charge in [-0.1, -0.05) is 31.7 Å². The Balaban J connectivity index is 1.71. The van der Waals surface area contributed by atoms with Gasteiger partial charge in [0.2, 0.25) is 0 Å². The molecule has 1 aliphatic rings. The SMILES string of the molecule is CCN(CC)CCNC(=O)c1ccc2c(c1)NC(=O)C(=Cc1ccc(OC)c(OC)c1)S2. The number of amides is 2. The van der Waals surface area contributed by atoms with Crippen LogP contribution in [0.1, 0.15) is 29.8 Å². The summed E-state index contributed by atoms with van der Waals surface area (Å²) < 4.78 is 10.6. The number of ether oxygens (including phenoxy) is 2. The highest BCUT2D eigenvalue weighted by molar-refractivity contribution is 8.04. The quantitative estimate of drug-likeness (QED) is 0.559. The molecule has 32 heavy (non-hydrogen) atoms. The van der Waals surface area contributed by atoms with E-state index in [9.17, 15) is 9.59 Å². The molecule has 8 heteroatoms. The van der Waals surface area contributed by atoms with Crippen molar-refractivity contribution >= 4 is 35.3 Å². The Morgan fingerprint density at radius 2 is 1.84 bits per heavy atom. The van der Waals surface area contributed by atoms with E-state index in [0.29, 0.717) is 34.2 Å². The summed E-state index contributed by atoms with van der Waals surface area (Å²) in [6, 6.07) is 10.9. The van der Waals surface area contributed by atoms with Crippen molar-refractivity contribution in [3.63, 3.8) is 0 Å². The molecule has 170 valence electrons. The standard InChI is InChI=1S/C24H29N3O4S/c1-5-27(6-2)12-11-25-23(28)17-8-10-21-18(15-17)26-24(29)22(32-21)14-16-7-9-19(30-3)20(13-16)31-4/h7-10,13-15H,5-6,11-12H2,1-4H3,(H,25,28)(H,26,29). The van der Waals surface area contributed by atoms with Crippen LogP contribution < -0.4 is 20.1 Å². The lowest BCUT2D eigenvalue weighted by molar-refractivity contribution is -0.112. The van der Waals surface area contributed by atoms with Gasteiger partial charge in [-0.25, -0.2) is 0 Å². The normalized spacial score (nSPS) is 14.2. The summed E-state index contributed by atoms with van der Waals surface area (Å²) >= 11 is 1.37. The van der Waals surface area contributed by atoms with Crippen molar-refractivity contribution in [1.82, 2.24) is 10.2 Å². The van der Waals surface area contributed by atoms with Gasteiger partial charge in [0.1, 0.15) is 0 Å². The zero-order chi connectivity index (χ0) is 23.1. The second-order valence-corrected chi connectivity index (χ2v) is 8.26. The molecule has 0 spiro atoms. The number of thioether (sulfide) groups is 1. The monoisotopic (exact) mass is 455 g/mol. The van der Waals surface area contributed by atoms with Gasteiger partial charge < -0.3 is 25.0 Å². The summed E-state index contributed by atoms with van der Waals surface area (Å²) in [4.78, 5) is 28.9. The van der Waals surface area contributed by atoms with Crippen molar-refractivity contribution in [2.75, 3.05) is 45.7 Å². The lowest BCUT2D eigenvalue weighted by Crippen LogP contribution is -2.34. The summed E-state index contributed by atoms with van der Waals surface area (Å²) in [6.07, 6.45) is 1.80. The van der Waals surface area contributed by atoms with Crippen molar-refractivity contribution in [3.8, 4) is 11.5 Å². The number of benzene rings is 2. The van der Waals surface area contributed by atoms with E-state index in [1.54, 1.807) is 38.5 Å². The van der Waals surface area contributed by atoms with Crippen LogP contribution in [-0.2, 0) is 4.79 Å². The minimum absolute atomic E-state index is 0.147. The summed E-state index contributed by atoms with van der Waals surface area (Å²) in [5.74, 6) is 0.867. The molecule has 0 saturated heterocycles. The lowest BCUT2D eigenvalue weighted by atomic mass is 10.1. The number of methoxy groups -OCH3 is 2. The molecule has 2 aromatic rings. The average molecular weight is 456 g/mol.